The van der Waals surface area contributed by atoms with Crippen molar-refractivity contribution in [3.05, 3.63) is 77.4 Å². The summed E-state index contributed by atoms with van der Waals surface area (Å²) >= 11 is 0. The highest BCUT2D eigenvalue weighted by Gasteiger charge is 2.41. The molecule has 0 radical (unpaired) electrons. The predicted octanol–water partition coefficient (Wildman–Crippen LogP) is 1.45. The molecule has 4 aliphatic heterocycles. The third-order valence-corrected chi connectivity index (χ3v) is 6.63. The molecule has 0 spiro atoms. The van der Waals surface area contributed by atoms with Gasteiger partial charge in [0, 0.05) is 49.1 Å². The van der Waals surface area contributed by atoms with Gasteiger partial charge in [-0.1, -0.05) is 6.07 Å². The van der Waals surface area contributed by atoms with Crippen molar-refractivity contribution in [2.45, 2.75) is 12.6 Å². The first kappa shape index (κ1) is 20.0. The number of aliphatic hydroxyl groups is 1. The van der Waals surface area contributed by atoms with Crippen LogP contribution in [0.3, 0.4) is 0 Å². The molecule has 1 atom stereocenters. The topological polar surface area (TPSA) is 97.4 Å². The number of nitrogens with zero attached hydrogens (tertiary/aromatic N) is 4. The fraction of sp³-hybridized carbons (Fsp3) is 0.250. The van der Waals surface area contributed by atoms with Crippen molar-refractivity contribution in [3.8, 4) is 0 Å². The molecule has 6 rings (SSSR count). The highest BCUT2D eigenvalue weighted by Crippen LogP contribution is 2.40. The second-order valence-corrected chi connectivity index (χ2v) is 8.71. The zero-order valence-corrected chi connectivity index (χ0v) is 17.8. The predicted molar refractivity (Wildman–Crippen MR) is 123 cm³/mol. The second-order valence-electron chi connectivity index (χ2n) is 8.71. The van der Waals surface area contributed by atoms with E-state index in [0.29, 0.717) is 5.69 Å². The van der Waals surface area contributed by atoms with E-state index >= 15 is 0 Å². The molecule has 4 N–H and O–H groups in total. The summed E-state index contributed by atoms with van der Waals surface area (Å²) in [6.45, 7) is 1.67. The summed E-state index contributed by atoms with van der Waals surface area (Å²) < 4.78 is 13.7. The highest BCUT2D eigenvalue weighted by atomic mass is 19.1. The quantitative estimate of drug-likeness (QED) is 0.488. The van der Waals surface area contributed by atoms with Gasteiger partial charge in [-0.2, -0.15) is 0 Å². The molecule has 1 unspecified atom stereocenters. The third kappa shape index (κ3) is 3.12. The minimum absolute atomic E-state index is 0.138. The number of benzene rings is 2. The van der Waals surface area contributed by atoms with Crippen LogP contribution in [0, 0.1) is 11.7 Å². The molecule has 1 fully saturated rings. The van der Waals surface area contributed by atoms with Crippen molar-refractivity contribution in [2.75, 3.05) is 24.7 Å². The van der Waals surface area contributed by atoms with Gasteiger partial charge in [0.1, 0.15) is 11.7 Å². The average Bonchev–Trinajstić information content (AvgIpc) is 3.31. The largest absolute Gasteiger partial charge is 0.396 e. The van der Waals surface area contributed by atoms with Crippen molar-refractivity contribution < 1.29 is 14.3 Å². The van der Waals surface area contributed by atoms with E-state index in [1.807, 2.05) is 24.4 Å². The number of hydrogen-bond donors (Lipinski definition) is 3. The van der Waals surface area contributed by atoms with Crippen molar-refractivity contribution in [1.82, 2.24) is 15.1 Å². The Balaban J connectivity index is 1.42. The number of fused-ring (bicyclic) bond motifs is 2. The molecule has 0 bridgehead atoms. The lowest BCUT2D eigenvalue weighted by Crippen LogP contribution is -2.59. The molecule has 2 aromatic carbocycles. The number of amidine groups is 1. The van der Waals surface area contributed by atoms with Crippen LogP contribution < -0.4 is 16.2 Å². The maximum absolute atomic E-state index is 13.7. The van der Waals surface area contributed by atoms with Crippen LogP contribution in [0.1, 0.15) is 16.7 Å². The molecule has 2 aromatic rings. The lowest BCUT2D eigenvalue weighted by Gasteiger charge is -2.44. The van der Waals surface area contributed by atoms with Gasteiger partial charge in [-0.15, -0.1) is 0 Å². The Kier molecular flexibility index (Phi) is 4.49. The number of aliphatic hydroxyl groups excluding tert-OH is 1. The van der Waals surface area contributed by atoms with Crippen LogP contribution in [0.15, 0.2) is 59.9 Å². The van der Waals surface area contributed by atoms with Crippen molar-refractivity contribution in [1.29, 1.82) is 0 Å². The molecule has 168 valence electrons. The minimum Gasteiger partial charge on any atom is -0.396 e. The van der Waals surface area contributed by atoms with E-state index in [1.54, 1.807) is 18.3 Å². The summed E-state index contributed by atoms with van der Waals surface area (Å²) in [6, 6.07) is 12.2. The molecule has 0 aliphatic carbocycles. The minimum atomic E-state index is -0.298. The van der Waals surface area contributed by atoms with Gasteiger partial charge in [0.05, 0.1) is 23.5 Å². The Morgan fingerprint density at radius 3 is 2.67 bits per heavy atom. The van der Waals surface area contributed by atoms with Crippen LogP contribution in [0.4, 0.5) is 10.1 Å². The van der Waals surface area contributed by atoms with Crippen LogP contribution in [-0.4, -0.2) is 52.5 Å². The number of carbonyl (C=O) groups excluding carboxylic acids is 1. The number of halogens is 1. The number of hydrogen-bond acceptors (Lipinski definition) is 7. The highest BCUT2D eigenvalue weighted by molar-refractivity contribution is 6.03. The van der Waals surface area contributed by atoms with E-state index in [1.165, 1.54) is 17.1 Å². The van der Waals surface area contributed by atoms with Gasteiger partial charge in [0.15, 0.2) is 6.17 Å². The number of likely N-dealkylation sites (tertiary alicyclic amines) is 1. The number of nitrogens with one attached hydrogen (secondary N) is 1. The monoisotopic (exact) mass is 446 g/mol. The molecule has 4 heterocycles. The molecule has 9 heteroatoms. The maximum atomic E-state index is 13.7. The first-order chi connectivity index (χ1) is 16.0. The van der Waals surface area contributed by atoms with E-state index in [-0.39, 0.29) is 36.8 Å². The Hall–Kier alpha value is -3.69. The zero-order valence-electron chi connectivity index (χ0n) is 17.8. The third-order valence-electron chi connectivity index (χ3n) is 6.63. The summed E-state index contributed by atoms with van der Waals surface area (Å²) in [5, 5.41) is 14.2. The molecule has 0 saturated carbocycles. The number of hydrazine groups is 1. The van der Waals surface area contributed by atoms with E-state index in [0.717, 1.165) is 47.0 Å². The number of amides is 1. The fourth-order valence-electron chi connectivity index (χ4n) is 4.88. The van der Waals surface area contributed by atoms with E-state index in [2.05, 4.69) is 20.1 Å². The van der Waals surface area contributed by atoms with Crippen LogP contribution >= 0.6 is 0 Å². The van der Waals surface area contributed by atoms with Crippen molar-refractivity contribution in [2.24, 2.45) is 16.8 Å². The van der Waals surface area contributed by atoms with Crippen LogP contribution in [0.2, 0.25) is 0 Å². The smallest absolute Gasteiger partial charge is 0.245 e. The molecule has 4 aliphatic rings. The zero-order chi connectivity index (χ0) is 22.7. The lowest BCUT2D eigenvalue weighted by atomic mass is 10.0. The number of rotatable bonds is 3. The van der Waals surface area contributed by atoms with E-state index < -0.39 is 0 Å². The lowest BCUT2D eigenvalue weighted by molar-refractivity contribution is -0.117. The fourth-order valence-corrected chi connectivity index (χ4v) is 4.88. The summed E-state index contributed by atoms with van der Waals surface area (Å²) in [6.07, 6.45) is 3.72. The van der Waals surface area contributed by atoms with Gasteiger partial charge in [-0.25, -0.2) is 20.2 Å². The molecule has 8 nitrogen and oxygen atoms in total. The van der Waals surface area contributed by atoms with E-state index in [4.69, 9.17) is 5.84 Å². The standard InChI is InChI=1S/C24H23FN6O2/c25-18-4-1-15(2-5-18)21-22(16-3-6-19-17(9-16)10-20(33)31(19)26)30-8-7-27-23(24(30)28-21)29-11-14(12-29)13-32/h1-9,14,24,28,32H,10-13,26H2. The van der Waals surface area contributed by atoms with Gasteiger partial charge in [0.2, 0.25) is 5.91 Å². The molecule has 1 amide bonds. The number of anilines is 1. The van der Waals surface area contributed by atoms with Gasteiger partial charge in [-0.05, 0) is 42.0 Å². The van der Waals surface area contributed by atoms with Gasteiger partial charge < -0.3 is 20.2 Å². The first-order valence-corrected chi connectivity index (χ1v) is 10.9. The molecular formula is C24H23FN6O2. The number of carbonyl (C=O) groups is 1. The maximum Gasteiger partial charge on any atom is 0.245 e. The van der Waals surface area contributed by atoms with Gasteiger partial charge >= 0.3 is 0 Å². The van der Waals surface area contributed by atoms with Gasteiger partial charge in [0.25, 0.3) is 0 Å². The van der Waals surface area contributed by atoms with Crippen molar-refractivity contribution >= 4 is 28.8 Å². The van der Waals surface area contributed by atoms with Gasteiger partial charge in [-0.3, -0.25) is 4.79 Å². The number of aliphatic imine (C=N–C) groups is 1. The average molecular weight is 446 g/mol. The van der Waals surface area contributed by atoms with E-state index in [9.17, 15) is 14.3 Å². The molecule has 1 saturated heterocycles. The normalized spacial score (nSPS) is 21.8. The Morgan fingerprint density at radius 1 is 1.15 bits per heavy atom. The molecule has 0 aromatic heterocycles. The first-order valence-electron chi connectivity index (χ1n) is 10.9. The Morgan fingerprint density at radius 2 is 1.91 bits per heavy atom. The molecule has 33 heavy (non-hydrogen) atoms. The van der Waals surface area contributed by atoms with Crippen LogP contribution in [-0.2, 0) is 11.2 Å². The Labute approximate surface area is 190 Å². The van der Waals surface area contributed by atoms with Crippen LogP contribution in [0.5, 0.6) is 0 Å². The Bertz CT molecular complexity index is 1230. The van der Waals surface area contributed by atoms with Crippen molar-refractivity contribution in [3.63, 3.8) is 0 Å². The second kappa shape index (κ2) is 7.43. The summed E-state index contributed by atoms with van der Waals surface area (Å²) in [7, 11) is 0. The molecular weight excluding hydrogens is 423 g/mol. The van der Waals surface area contributed by atoms with Crippen LogP contribution in [0.25, 0.3) is 11.4 Å². The summed E-state index contributed by atoms with van der Waals surface area (Å²) in [5.74, 6) is 6.59. The summed E-state index contributed by atoms with van der Waals surface area (Å²) in [4.78, 5) is 21.0. The number of nitrogens with two attached hydrogens (primary N) is 1. The summed E-state index contributed by atoms with van der Waals surface area (Å²) in [5.41, 5.74) is 5.13. The SMILES string of the molecule is NN1C(=O)Cc2cc(C3=C(c4ccc(F)cc4)NC4C(N5CC(CO)C5)=NC=CN34)ccc21.